The molecule has 0 saturated heterocycles. The zero-order valence-electron chi connectivity index (χ0n) is 13.3. The van der Waals surface area contributed by atoms with Gasteiger partial charge in [-0.3, -0.25) is 9.18 Å². The molecule has 0 atom stereocenters. The van der Waals surface area contributed by atoms with Crippen LogP contribution in [0.4, 0.5) is 4.39 Å². The largest absolute Gasteiger partial charge is 0.347 e. The van der Waals surface area contributed by atoms with Crippen LogP contribution in [0.3, 0.4) is 0 Å². The molecule has 24 heavy (non-hydrogen) atoms. The Labute approximate surface area is 154 Å². The lowest BCUT2D eigenvalue weighted by molar-refractivity contribution is 0.104. The number of benzene rings is 2. The molecule has 0 aliphatic heterocycles. The standard InChI is InChI=1S/C20H19FINO/c21-12-4-1-5-13-23-14-18(17-6-2-3-7-19(17)23)20(24)15-8-10-16(22)11-9-15/h2-3,6-11,14H,1,4-5,12-13H2. The highest BCUT2D eigenvalue weighted by Crippen LogP contribution is 2.24. The van der Waals surface area contributed by atoms with E-state index in [2.05, 4.69) is 27.2 Å². The van der Waals surface area contributed by atoms with Crippen molar-refractivity contribution in [2.45, 2.75) is 25.8 Å². The SMILES string of the molecule is O=C(c1ccc(I)cc1)c1cn(CCCCCF)c2ccccc12. The average molecular weight is 435 g/mol. The number of ketones is 1. The molecule has 4 heteroatoms. The van der Waals surface area contributed by atoms with Crippen LogP contribution >= 0.6 is 22.6 Å². The Balaban J connectivity index is 1.93. The first kappa shape index (κ1) is 17.1. The number of carbonyl (C=O) groups is 1. The van der Waals surface area contributed by atoms with Gasteiger partial charge in [0.1, 0.15) is 0 Å². The molecule has 0 aliphatic rings. The molecule has 2 aromatic carbocycles. The molecule has 2 nitrogen and oxygen atoms in total. The van der Waals surface area contributed by atoms with Crippen LogP contribution in [0, 0.1) is 3.57 Å². The Morgan fingerprint density at radius 1 is 1.00 bits per heavy atom. The lowest BCUT2D eigenvalue weighted by atomic mass is 10.0. The number of unbranched alkanes of at least 4 members (excludes halogenated alkanes) is 2. The number of rotatable bonds is 7. The van der Waals surface area contributed by atoms with Gasteiger partial charge < -0.3 is 4.57 Å². The van der Waals surface area contributed by atoms with Crippen molar-refractivity contribution in [1.29, 1.82) is 0 Å². The second-order valence-electron chi connectivity index (χ2n) is 5.84. The van der Waals surface area contributed by atoms with Crippen molar-refractivity contribution in [2.75, 3.05) is 6.67 Å². The number of carbonyl (C=O) groups excluding carboxylic acids is 1. The first-order chi connectivity index (χ1) is 11.7. The molecule has 0 aliphatic carbocycles. The molecule has 3 aromatic rings. The number of nitrogens with zero attached hydrogens (tertiary/aromatic N) is 1. The molecule has 0 bridgehead atoms. The molecule has 0 spiro atoms. The lowest BCUT2D eigenvalue weighted by Gasteiger charge is -2.04. The van der Waals surface area contributed by atoms with Gasteiger partial charge in [-0.15, -0.1) is 0 Å². The van der Waals surface area contributed by atoms with Crippen molar-refractivity contribution in [3.05, 3.63) is 69.4 Å². The van der Waals surface area contributed by atoms with Crippen molar-refractivity contribution >= 4 is 39.3 Å². The van der Waals surface area contributed by atoms with Crippen LogP contribution in [0.25, 0.3) is 10.9 Å². The van der Waals surface area contributed by atoms with Gasteiger partial charge in [0.15, 0.2) is 5.78 Å². The average Bonchev–Trinajstić information content (AvgIpc) is 2.98. The number of fused-ring (bicyclic) bond motifs is 1. The Kier molecular flexibility index (Phi) is 5.66. The maximum atomic E-state index is 12.9. The van der Waals surface area contributed by atoms with E-state index in [0.29, 0.717) is 12.0 Å². The van der Waals surface area contributed by atoms with E-state index < -0.39 is 0 Å². The van der Waals surface area contributed by atoms with E-state index in [0.717, 1.165) is 39.4 Å². The first-order valence-electron chi connectivity index (χ1n) is 8.15. The number of aromatic nitrogens is 1. The molecule has 0 N–H and O–H groups in total. The van der Waals surface area contributed by atoms with Gasteiger partial charge in [0.2, 0.25) is 0 Å². The van der Waals surface area contributed by atoms with Crippen LogP contribution in [0.5, 0.6) is 0 Å². The molecule has 124 valence electrons. The van der Waals surface area contributed by atoms with Crippen LogP contribution in [-0.4, -0.2) is 17.0 Å². The zero-order chi connectivity index (χ0) is 16.9. The fourth-order valence-corrected chi connectivity index (χ4v) is 3.28. The van der Waals surface area contributed by atoms with Gasteiger partial charge in [-0.2, -0.15) is 0 Å². The smallest absolute Gasteiger partial charge is 0.195 e. The topological polar surface area (TPSA) is 22.0 Å². The third-order valence-corrected chi connectivity index (χ3v) is 4.89. The summed E-state index contributed by atoms with van der Waals surface area (Å²) in [4.78, 5) is 12.9. The van der Waals surface area contributed by atoms with Crippen LogP contribution < -0.4 is 0 Å². The summed E-state index contributed by atoms with van der Waals surface area (Å²) in [6.07, 6.45) is 4.33. The highest BCUT2D eigenvalue weighted by molar-refractivity contribution is 14.1. The summed E-state index contributed by atoms with van der Waals surface area (Å²) in [7, 11) is 0. The van der Waals surface area contributed by atoms with Gasteiger partial charge in [-0.05, 0) is 72.2 Å². The van der Waals surface area contributed by atoms with Gasteiger partial charge >= 0.3 is 0 Å². The van der Waals surface area contributed by atoms with E-state index in [1.54, 1.807) is 0 Å². The fraction of sp³-hybridized carbons (Fsp3) is 0.250. The number of halogens is 2. The van der Waals surface area contributed by atoms with E-state index in [1.807, 2.05) is 54.7 Å². The van der Waals surface area contributed by atoms with Gasteiger partial charge in [0.25, 0.3) is 0 Å². The second kappa shape index (κ2) is 7.92. The quantitative estimate of drug-likeness (QED) is 0.268. The summed E-state index contributed by atoms with van der Waals surface area (Å²) in [6.45, 7) is 0.545. The number of hydrogen-bond donors (Lipinski definition) is 0. The Morgan fingerprint density at radius 2 is 1.75 bits per heavy atom. The number of alkyl halides is 1. The summed E-state index contributed by atoms with van der Waals surface area (Å²) in [5.41, 5.74) is 2.50. The van der Waals surface area contributed by atoms with E-state index in [1.165, 1.54) is 0 Å². The predicted molar refractivity (Wildman–Crippen MR) is 104 cm³/mol. The summed E-state index contributed by atoms with van der Waals surface area (Å²) < 4.78 is 15.5. The summed E-state index contributed by atoms with van der Waals surface area (Å²) in [6, 6.07) is 15.6. The van der Waals surface area contributed by atoms with E-state index >= 15 is 0 Å². The van der Waals surface area contributed by atoms with E-state index in [4.69, 9.17) is 0 Å². The summed E-state index contributed by atoms with van der Waals surface area (Å²) >= 11 is 2.23. The van der Waals surface area contributed by atoms with Crippen LogP contribution in [-0.2, 0) is 6.54 Å². The van der Waals surface area contributed by atoms with Crippen LogP contribution in [0.1, 0.15) is 35.2 Å². The van der Waals surface area contributed by atoms with E-state index in [9.17, 15) is 9.18 Å². The van der Waals surface area contributed by atoms with Crippen molar-refractivity contribution in [1.82, 2.24) is 4.57 Å². The van der Waals surface area contributed by atoms with E-state index in [-0.39, 0.29) is 12.5 Å². The second-order valence-corrected chi connectivity index (χ2v) is 7.08. The Bertz CT molecular complexity index is 838. The minimum Gasteiger partial charge on any atom is -0.347 e. The molecular weight excluding hydrogens is 416 g/mol. The normalized spacial score (nSPS) is 11.1. The van der Waals surface area contributed by atoms with Gasteiger partial charge in [0.05, 0.1) is 6.67 Å². The van der Waals surface area contributed by atoms with Crippen LogP contribution in [0.15, 0.2) is 54.7 Å². The van der Waals surface area contributed by atoms with Gasteiger partial charge in [0, 0.05) is 38.3 Å². The Hall–Kier alpha value is -1.69. The molecule has 0 amide bonds. The number of aryl methyl sites for hydroxylation is 1. The lowest BCUT2D eigenvalue weighted by Crippen LogP contribution is -2.01. The first-order valence-corrected chi connectivity index (χ1v) is 9.22. The van der Waals surface area contributed by atoms with Gasteiger partial charge in [-0.25, -0.2) is 0 Å². The van der Waals surface area contributed by atoms with Crippen molar-refractivity contribution in [2.24, 2.45) is 0 Å². The summed E-state index contributed by atoms with van der Waals surface area (Å²) in [5, 5.41) is 0.978. The highest BCUT2D eigenvalue weighted by atomic mass is 127. The number of hydrogen-bond acceptors (Lipinski definition) is 1. The highest BCUT2D eigenvalue weighted by Gasteiger charge is 2.16. The minimum absolute atomic E-state index is 0.0464. The molecular formula is C20H19FINO. The molecule has 1 aromatic heterocycles. The third kappa shape index (κ3) is 3.69. The Morgan fingerprint density at radius 3 is 2.50 bits per heavy atom. The predicted octanol–water partition coefficient (Wildman–Crippen LogP) is 5.62. The molecule has 0 saturated carbocycles. The van der Waals surface area contributed by atoms with Crippen LogP contribution in [0.2, 0.25) is 0 Å². The monoisotopic (exact) mass is 435 g/mol. The maximum Gasteiger partial charge on any atom is 0.195 e. The maximum absolute atomic E-state index is 12.9. The van der Waals surface area contributed by atoms with Gasteiger partial charge in [-0.1, -0.05) is 18.2 Å². The van der Waals surface area contributed by atoms with Crippen molar-refractivity contribution in [3.63, 3.8) is 0 Å². The molecule has 0 radical (unpaired) electrons. The zero-order valence-corrected chi connectivity index (χ0v) is 15.5. The molecule has 3 rings (SSSR count). The molecule has 1 heterocycles. The molecule has 0 unspecified atom stereocenters. The molecule has 0 fully saturated rings. The third-order valence-electron chi connectivity index (χ3n) is 4.17. The number of para-hydroxylation sites is 1. The summed E-state index contributed by atoms with van der Waals surface area (Å²) in [5.74, 6) is 0.0464. The van der Waals surface area contributed by atoms with Crippen molar-refractivity contribution < 1.29 is 9.18 Å². The van der Waals surface area contributed by atoms with Crippen molar-refractivity contribution in [3.8, 4) is 0 Å². The fourth-order valence-electron chi connectivity index (χ4n) is 2.92. The minimum atomic E-state index is -0.261.